The average molecular weight is 643 g/mol. The molecule has 1 heterocycles. The fraction of sp³-hybridized carbons (Fsp3) is 0.974. The molecule has 0 aromatic carbocycles. The minimum atomic E-state index is -1.55. The van der Waals surface area contributed by atoms with Crippen molar-refractivity contribution in [2.45, 2.75) is 224 Å². The number of rotatable bonds is 32. The molecular formula is C38H74O7. The van der Waals surface area contributed by atoms with Crippen molar-refractivity contribution in [3.63, 3.8) is 0 Å². The van der Waals surface area contributed by atoms with Crippen LogP contribution in [0.5, 0.6) is 0 Å². The number of esters is 1. The highest BCUT2D eigenvalue weighted by Gasteiger charge is 2.48. The lowest BCUT2D eigenvalue weighted by Gasteiger charge is -2.39. The summed E-state index contributed by atoms with van der Waals surface area (Å²) >= 11 is 0. The second kappa shape index (κ2) is 30.6. The molecule has 1 rings (SSSR count). The Balaban J connectivity index is 2.05. The van der Waals surface area contributed by atoms with Crippen molar-refractivity contribution in [3.8, 4) is 0 Å². The lowest BCUT2D eigenvalue weighted by atomic mass is 9.99. The van der Waals surface area contributed by atoms with E-state index in [1.807, 2.05) is 0 Å². The summed E-state index contributed by atoms with van der Waals surface area (Å²) in [5, 5.41) is 31.0. The first kappa shape index (κ1) is 42.3. The maximum absolute atomic E-state index is 12.6. The van der Waals surface area contributed by atoms with Crippen LogP contribution in [-0.4, -0.2) is 65.2 Å². The number of carbonyl (C=O) groups excluding carboxylic acids is 1. The average Bonchev–Trinajstić information content (AvgIpc) is 3.04. The molecule has 3 N–H and O–H groups in total. The number of hydrogen-bond donors (Lipinski definition) is 3. The SMILES string of the molecule is CCCCCCCCCCCCCCCCOC(=O)[C@H]1O[C@H](OCCCCCCCCCCCCCCCC)[C@@H](O)[C@@H](O)[C@@H]1O. The fourth-order valence-electron chi connectivity index (χ4n) is 6.23. The normalized spacial score (nSPS) is 21.8. The molecule has 45 heavy (non-hydrogen) atoms. The third kappa shape index (κ3) is 22.5. The molecule has 1 aliphatic rings. The molecule has 0 bridgehead atoms. The lowest BCUT2D eigenvalue weighted by Crippen LogP contribution is -2.60. The standard InChI is InChI=1S/C38H74O7/c1-3-5-7-9-11-13-15-17-19-21-23-25-27-29-31-43-37(42)36-34(40)33(39)35(41)38(45-36)44-32-30-28-26-24-22-20-18-16-14-12-10-8-6-4-2/h33-36,38-41H,3-32H2,1-2H3/t33-,34-,35-,36-,38-/m0/s1. The van der Waals surface area contributed by atoms with Gasteiger partial charge in [-0.25, -0.2) is 4.79 Å². The Bertz CT molecular complexity index is 646. The van der Waals surface area contributed by atoms with Crippen molar-refractivity contribution in [3.05, 3.63) is 0 Å². The van der Waals surface area contributed by atoms with E-state index in [0.29, 0.717) is 6.61 Å². The molecule has 7 heteroatoms. The van der Waals surface area contributed by atoms with Crippen LogP contribution >= 0.6 is 0 Å². The molecule has 1 aliphatic heterocycles. The molecule has 0 amide bonds. The Hall–Kier alpha value is -0.730. The highest BCUT2D eigenvalue weighted by molar-refractivity contribution is 5.75. The molecular weight excluding hydrogens is 568 g/mol. The molecule has 0 saturated carbocycles. The Kier molecular flexibility index (Phi) is 28.8. The highest BCUT2D eigenvalue weighted by Crippen LogP contribution is 2.24. The second-order valence-corrected chi connectivity index (χ2v) is 13.6. The van der Waals surface area contributed by atoms with Gasteiger partial charge in [0.25, 0.3) is 0 Å². The van der Waals surface area contributed by atoms with Gasteiger partial charge in [-0.1, -0.05) is 181 Å². The summed E-state index contributed by atoms with van der Waals surface area (Å²) in [6.45, 7) is 5.14. The number of aliphatic hydroxyl groups is 3. The van der Waals surface area contributed by atoms with Crippen molar-refractivity contribution in [2.75, 3.05) is 13.2 Å². The zero-order valence-corrected chi connectivity index (χ0v) is 29.6. The summed E-state index contributed by atoms with van der Waals surface area (Å²) in [4.78, 5) is 12.6. The van der Waals surface area contributed by atoms with Crippen molar-refractivity contribution < 1.29 is 34.3 Å². The van der Waals surface area contributed by atoms with Crippen LogP contribution in [0.4, 0.5) is 0 Å². The number of carbonyl (C=O) groups is 1. The summed E-state index contributed by atoms with van der Waals surface area (Å²) < 4.78 is 16.6. The van der Waals surface area contributed by atoms with E-state index < -0.39 is 36.7 Å². The van der Waals surface area contributed by atoms with Crippen LogP contribution in [0.15, 0.2) is 0 Å². The fourth-order valence-corrected chi connectivity index (χ4v) is 6.23. The van der Waals surface area contributed by atoms with E-state index in [2.05, 4.69) is 13.8 Å². The summed E-state index contributed by atoms with van der Waals surface area (Å²) in [6, 6.07) is 0. The molecule has 0 spiro atoms. The van der Waals surface area contributed by atoms with Crippen LogP contribution in [0.1, 0.15) is 194 Å². The van der Waals surface area contributed by atoms with E-state index in [4.69, 9.17) is 14.2 Å². The first-order valence-corrected chi connectivity index (χ1v) is 19.5. The van der Waals surface area contributed by atoms with Crippen molar-refractivity contribution in [1.82, 2.24) is 0 Å². The van der Waals surface area contributed by atoms with Gasteiger partial charge >= 0.3 is 5.97 Å². The number of aliphatic hydroxyl groups excluding tert-OH is 3. The van der Waals surface area contributed by atoms with Crippen molar-refractivity contribution >= 4 is 5.97 Å². The quantitative estimate of drug-likeness (QED) is 0.0496. The van der Waals surface area contributed by atoms with Gasteiger partial charge in [-0.05, 0) is 12.8 Å². The molecule has 0 unspecified atom stereocenters. The highest BCUT2D eigenvalue weighted by atomic mass is 16.7. The van der Waals surface area contributed by atoms with Gasteiger partial charge in [0, 0.05) is 6.61 Å². The monoisotopic (exact) mass is 643 g/mol. The molecule has 5 atom stereocenters. The summed E-state index contributed by atoms with van der Waals surface area (Å²) in [6.07, 6.45) is 28.2. The molecule has 0 radical (unpaired) electrons. The van der Waals surface area contributed by atoms with Gasteiger partial charge in [0.05, 0.1) is 6.61 Å². The van der Waals surface area contributed by atoms with Crippen LogP contribution in [0.25, 0.3) is 0 Å². The molecule has 1 saturated heterocycles. The van der Waals surface area contributed by atoms with E-state index in [1.165, 1.54) is 141 Å². The van der Waals surface area contributed by atoms with Crippen LogP contribution in [0, 0.1) is 0 Å². The topological polar surface area (TPSA) is 105 Å². The Morgan fingerprint density at radius 1 is 0.467 bits per heavy atom. The smallest absolute Gasteiger partial charge is 0.338 e. The van der Waals surface area contributed by atoms with Crippen LogP contribution < -0.4 is 0 Å². The predicted molar refractivity (Wildman–Crippen MR) is 184 cm³/mol. The van der Waals surface area contributed by atoms with E-state index in [0.717, 1.165) is 38.5 Å². The minimum Gasteiger partial charge on any atom is -0.464 e. The van der Waals surface area contributed by atoms with Gasteiger partial charge in [-0.2, -0.15) is 0 Å². The molecule has 0 aromatic rings. The van der Waals surface area contributed by atoms with E-state index in [9.17, 15) is 20.1 Å². The first-order valence-electron chi connectivity index (χ1n) is 19.5. The third-order valence-electron chi connectivity index (χ3n) is 9.32. The Labute approximate surface area is 277 Å². The minimum absolute atomic E-state index is 0.257. The van der Waals surface area contributed by atoms with E-state index in [-0.39, 0.29) is 6.61 Å². The zero-order chi connectivity index (χ0) is 32.8. The van der Waals surface area contributed by atoms with Crippen molar-refractivity contribution in [2.24, 2.45) is 0 Å². The van der Waals surface area contributed by atoms with Crippen LogP contribution in [-0.2, 0) is 19.0 Å². The molecule has 7 nitrogen and oxygen atoms in total. The van der Waals surface area contributed by atoms with E-state index in [1.54, 1.807) is 0 Å². The maximum Gasteiger partial charge on any atom is 0.338 e. The van der Waals surface area contributed by atoms with Crippen molar-refractivity contribution in [1.29, 1.82) is 0 Å². The Morgan fingerprint density at radius 2 is 0.800 bits per heavy atom. The van der Waals surface area contributed by atoms with Crippen LogP contribution in [0.3, 0.4) is 0 Å². The summed E-state index contributed by atoms with van der Waals surface area (Å²) in [5.74, 6) is -0.715. The molecule has 1 fully saturated rings. The molecule has 0 aromatic heterocycles. The number of unbranched alkanes of at least 4 members (excludes halogenated alkanes) is 26. The zero-order valence-electron chi connectivity index (χ0n) is 29.6. The second-order valence-electron chi connectivity index (χ2n) is 13.6. The molecule has 0 aliphatic carbocycles. The number of hydrogen-bond acceptors (Lipinski definition) is 7. The lowest BCUT2D eigenvalue weighted by molar-refractivity contribution is -0.295. The van der Waals surface area contributed by atoms with E-state index >= 15 is 0 Å². The third-order valence-corrected chi connectivity index (χ3v) is 9.32. The van der Waals surface area contributed by atoms with Gasteiger partial charge in [-0.15, -0.1) is 0 Å². The molecule has 268 valence electrons. The first-order chi connectivity index (χ1) is 22.0. The van der Waals surface area contributed by atoms with Gasteiger partial charge in [-0.3, -0.25) is 0 Å². The predicted octanol–water partition coefficient (Wildman–Crippen LogP) is 9.32. The van der Waals surface area contributed by atoms with Gasteiger partial charge in [0.15, 0.2) is 12.4 Å². The Morgan fingerprint density at radius 3 is 1.18 bits per heavy atom. The maximum atomic E-state index is 12.6. The summed E-state index contributed by atoms with van der Waals surface area (Å²) in [7, 11) is 0. The van der Waals surface area contributed by atoms with Gasteiger partial charge in [0.1, 0.15) is 18.3 Å². The van der Waals surface area contributed by atoms with Crippen LogP contribution in [0.2, 0.25) is 0 Å². The summed E-state index contributed by atoms with van der Waals surface area (Å²) in [5.41, 5.74) is 0. The van der Waals surface area contributed by atoms with Gasteiger partial charge < -0.3 is 29.5 Å². The van der Waals surface area contributed by atoms with Gasteiger partial charge in [0.2, 0.25) is 0 Å². The number of ether oxygens (including phenoxy) is 3. The largest absolute Gasteiger partial charge is 0.464 e.